The standard InChI is InChI=1S/C13H17IN2O2/c1-13(2,3)18-12(17)16-7-6-15-10-8-9(14)4-5-11(10)16/h4-5,8,15H,6-7H2,1-3H3. The van der Waals surface area contributed by atoms with Gasteiger partial charge in [0.1, 0.15) is 5.60 Å². The molecule has 5 heteroatoms. The molecule has 0 radical (unpaired) electrons. The monoisotopic (exact) mass is 360 g/mol. The van der Waals surface area contributed by atoms with Gasteiger partial charge in [-0.3, -0.25) is 4.90 Å². The van der Waals surface area contributed by atoms with Crippen molar-refractivity contribution in [2.75, 3.05) is 23.3 Å². The zero-order valence-electron chi connectivity index (χ0n) is 10.8. The van der Waals surface area contributed by atoms with Crippen molar-refractivity contribution in [2.45, 2.75) is 26.4 Å². The third-order valence-electron chi connectivity index (χ3n) is 2.51. The summed E-state index contributed by atoms with van der Waals surface area (Å²) in [6.45, 7) is 7.00. The largest absolute Gasteiger partial charge is 0.443 e. The van der Waals surface area contributed by atoms with Crippen molar-refractivity contribution < 1.29 is 9.53 Å². The maximum Gasteiger partial charge on any atom is 0.414 e. The molecule has 1 aromatic rings. The Morgan fingerprint density at radius 3 is 2.83 bits per heavy atom. The molecule has 18 heavy (non-hydrogen) atoms. The summed E-state index contributed by atoms with van der Waals surface area (Å²) in [5, 5.41) is 3.30. The third kappa shape index (κ3) is 3.07. The molecule has 2 rings (SSSR count). The van der Waals surface area contributed by atoms with Crippen molar-refractivity contribution in [1.29, 1.82) is 0 Å². The van der Waals surface area contributed by atoms with Gasteiger partial charge in [-0.1, -0.05) is 0 Å². The maximum atomic E-state index is 12.1. The van der Waals surface area contributed by atoms with Gasteiger partial charge >= 0.3 is 6.09 Å². The summed E-state index contributed by atoms with van der Waals surface area (Å²) in [6.07, 6.45) is -0.286. The van der Waals surface area contributed by atoms with E-state index in [9.17, 15) is 4.79 Å². The van der Waals surface area contributed by atoms with Gasteiger partial charge in [-0.2, -0.15) is 0 Å². The van der Waals surface area contributed by atoms with Crippen molar-refractivity contribution in [2.24, 2.45) is 0 Å². The Labute approximate surface area is 121 Å². The highest BCUT2D eigenvalue weighted by atomic mass is 127. The van der Waals surface area contributed by atoms with E-state index in [1.165, 1.54) is 0 Å². The van der Waals surface area contributed by atoms with Gasteiger partial charge in [-0.25, -0.2) is 4.79 Å². The van der Waals surface area contributed by atoms with Crippen LogP contribution in [0.25, 0.3) is 0 Å². The van der Waals surface area contributed by atoms with Crippen molar-refractivity contribution in [3.8, 4) is 0 Å². The first-order chi connectivity index (χ1) is 8.37. The smallest absolute Gasteiger partial charge is 0.414 e. The Bertz CT molecular complexity index is 469. The number of carbonyl (C=O) groups excluding carboxylic acids is 1. The van der Waals surface area contributed by atoms with Crippen LogP contribution >= 0.6 is 22.6 Å². The van der Waals surface area contributed by atoms with E-state index < -0.39 is 5.60 Å². The molecule has 0 fully saturated rings. The summed E-state index contributed by atoms with van der Waals surface area (Å²) in [4.78, 5) is 13.8. The molecule has 98 valence electrons. The molecule has 1 aliphatic heterocycles. The molecule has 0 unspecified atom stereocenters. The van der Waals surface area contributed by atoms with Crippen LogP contribution in [-0.2, 0) is 4.74 Å². The zero-order chi connectivity index (χ0) is 13.3. The number of ether oxygens (including phenoxy) is 1. The fourth-order valence-electron chi connectivity index (χ4n) is 1.81. The number of nitrogens with one attached hydrogen (secondary N) is 1. The molecule has 1 amide bonds. The molecule has 1 aliphatic rings. The first kappa shape index (κ1) is 13.5. The first-order valence-corrected chi connectivity index (χ1v) is 6.99. The molecule has 0 aliphatic carbocycles. The number of anilines is 2. The van der Waals surface area contributed by atoms with Crippen LogP contribution in [0.3, 0.4) is 0 Å². The Morgan fingerprint density at radius 1 is 1.44 bits per heavy atom. The van der Waals surface area contributed by atoms with Crippen molar-refractivity contribution in [3.05, 3.63) is 21.8 Å². The molecule has 0 aromatic heterocycles. The van der Waals surface area contributed by atoms with Gasteiger partial charge in [-0.15, -0.1) is 0 Å². The highest BCUT2D eigenvalue weighted by Crippen LogP contribution is 2.31. The summed E-state index contributed by atoms with van der Waals surface area (Å²) < 4.78 is 6.57. The first-order valence-electron chi connectivity index (χ1n) is 5.91. The number of fused-ring (bicyclic) bond motifs is 1. The number of rotatable bonds is 0. The van der Waals surface area contributed by atoms with Gasteiger partial charge < -0.3 is 10.1 Å². The third-order valence-corrected chi connectivity index (χ3v) is 3.19. The van der Waals surface area contributed by atoms with E-state index in [1.54, 1.807) is 4.90 Å². The molecule has 0 saturated carbocycles. The van der Waals surface area contributed by atoms with Crippen molar-refractivity contribution >= 4 is 40.1 Å². The van der Waals surface area contributed by atoms with Crippen molar-refractivity contribution in [1.82, 2.24) is 0 Å². The van der Waals surface area contributed by atoms with Crippen LogP contribution in [-0.4, -0.2) is 24.8 Å². The molecule has 0 bridgehead atoms. The number of halogens is 1. The Kier molecular flexibility index (Phi) is 3.70. The lowest BCUT2D eigenvalue weighted by Gasteiger charge is -2.32. The normalized spacial score (nSPS) is 14.8. The van der Waals surface area contributed by atoms with Gasteiger partial charge in [0.05, 0.1) is 11.4 Å². The van der Waals surface area contributed by atoms with Crippen molar-refractivity contribution in [3.63, 3.8) is 0 Å². The van der Waals surface area contributed by atoms with Crippen LogP contribution in [0.15, 0.2) is 18.2 Å². The van der Waals surface area contributed by atoms with E-state index in [0.29, 0.717) is 6.54 Å². The number of benzene rings is 1. The van der Waals surface area contributed by atoms with E-state index in [-0.39, 0.29) is 6.09 Å². The average Bonchev–Trinajstić information content (AvgIpc) is 2.25. The number of amides is 1. The minimum Gasteiger partial charge on any atom is -0.443 e. The van der Waals surface area contributed by atoms with E-state index in [0.717, 1.165) is 21.5 Å². The number of nitrogens with zero attached hydrogens (tertiary/aromatic N) is 1. The number of carbonyl (C=O) groups is 1. The van der Waals surface area contributed by atoms with Crippen LogP contribution < -0.4 is 10.2 Å². The van der Waals surface area contributed by atoms with Crippen LogP contribution in [0.2, 0.25) is 0 Å². The SMILES string of the molecule is CC(C)(C)OC(=O)N1CCNc2cc(I)ccc21. The molecule has 1 heterocycles. The highest BCUT2D eigenvalue weighted by molar-refractivity contribution is 14.1. The second-order valence-corrected chi connectivity index (χ2v) is 6.47. The van der Waals surface area contributed by atoms with Crippen LogP contribution in [0.5, 0.6) is 0 Å². The van der Waals surface area contributed by atoms with Gasteiger partial charge in [0, 0.05) is 16.7 Å². The van der Waals surface area contributed by atoms with Gasteiger partial charge in [0.15, 0.2) is 0 Å². The Balaban J connectivity index is 2.25. The Hall–Kier alpha value is -0.980. The second-order valence-electron chi connectivity index (χ2n) is 5.22. The van der Waals surface area contributed by atoms with Crippen LogP contribution in [0, 0.1) is 3.57 Å². The zero-order valence-corrected chi connectivity index (χ0v) is 12.9. The molecule has 0 spiro atoms. The van der Waals surface area contributed by atoms with E-state index in [2.05, 4.69) is 27.9 Å². The minimum atomic E-state index is -0.467. The molecular formula is C13H17IN2O2. The van der Waals surface area contributed by atoms with Crippen LogP contribution in [0.4, 0.5) is 16.2 Å². The quantitative estimate of drug-likeness (QED) is 0.721. The maximum absolute atomic E-state index is 12.1. The van der Waals surface area contributed by atoms with Gasteiger partial charge in [0.2, 0.25) is 0 Å². The topological polar surface area (TPSA) is 41.6 Å². The average molecular weight is 360 g/mol. The number of hydrogen-bond acceptors (Lipinski definition) is 3. The van der Waals surface area contributed by atoms with E-state index in [4.69, 9.17) is 4.74 Å². The Morgan fingerprint density at radius 2 is 2.17 bits per heavy atom. The lowest BCUT2D eigenvalue weighted by molar-refractivity contribution is 0.0581. The predicted octanol–water partition coefficient (Wildman–Crippen LogP) is 3.46. The fourth-order valence-corrected chi connectivity index (χ4v) is 2.31. The lowest BCUT2D eigenvalue weighted by atomic mass is 10.2. The molecule has 0 saturated heterocycles. The molecule has 0 atom stereocenters. The second kappa shape index (κ2) is 4.95. The summed E-state index contributed by atoms with van der Waals surface area (Å²) in [5.41, 5.74) is 1.40. The van der Waals surface area contributed by atoms with Gasteiger partial charge in [0.25, 0.3) is 0 Å². The van der Waals surface area contributed by atoms with E-state index in [1.807, 2.05) is 39.0 Å². The lowest BCUT2D eigenvalue weighted by Crippen LogP contribution is -2.42. The van der Waals surface area contributed by atoms with Gasteiger partial charge in [-0.05, 0) is 61.6 Å². The molecule has 4 nitrogen and oxygen atoms in total. The summed E-state index contributed by atoms with van der Waals surface area (Å²) in [7, 11) is 0. The van der Waals surface area contributed by atoms with E-state index >= 15 is 0 Å². The van der Waals surface area contributed by atoms with Crippen LogP contribution in [0.1, 0.15) is 20.8 Å². The summed E-state index contributed by atoms with van der Waals surface area (Å²) >= 11 is 2.26. The minimum absolute atomic E-state index is 0.286. The number of hydrogen-bond donors (Lipinski definition) is 1. The molecule has 1 aromatic carbocycles. The highest BCUT2D eigenvalue weighted by Gasteiger charge is 2.27. The summed E-state index contributed by atoms with van der Waals surface area (Å²) in [6, 6.07) is 5.98. The predicted molar refractivity (Wildman–Crippen MR) is 81.2 cm³/mol. The summed E-state index contributed by atoms with van der Waals surface area (Å²) in [5.74, 6) is 0. The molecular weight excluding hydrogens is 343 g/mol. The fraction of sp³-hybridized carbons (Fsp3) is 0.462. The molecule has 1 N–H and O–H groups in total.